The molecule has 4 rings (SSSR count). The molecule has 0 radical (unpaired) electrons. The van der Waals surface area contributed by atoms with Gasteiger partial charge >= 0.3 is 0 Å². The second kappa shape index (κ2) is 5.89. The standard InChI is InChI=1S/C18H13ClFN3O2/c1-23-18(10-2-4-11(20)5-3-10)13(8-21-23)12-6-7-14-17(16(12)19)22-15(24)9-25-14/h2-8H,9H2,1H3,(H,22,24). The molecule has 0 aliphatic carbocycles. The Morgan fingerprint density at radius 3 is 2.72 bits per heavy atom. The van der Waals surface area contributed by atoms with Crippen molar-refractivity contribution in [1.29, 1.82) is 0 Å². The van der Waals surface area contributed by atoms with Crippen LogP contribution in [0.15, 0.2) is 42.6 Å². The zero-order valence-corrected chi connectivity index (χ0v) is 14.0. The molecule has 2 heterocycles. The highest BCUT2D eigenvalue weighted by Gasteiger charge is 2.23. The summed E-state index contributed by atoms with van der Waals surface area (Å²) in [6, 6.07) is 9.75. The summed E-state index contributed by atoms with van der Waals surface area (Å²) in [5, 5.41) is 7.42. The summed E-state index contributed by atoms with van der Waals surface area (Å²) in [4.78, 5) is 11.6. The van der Waals surface area contributed by atoms with E-state index in [0.717, 1.165) is 16.8 Å². The molecule has 25 heavy (non-hydrogen) atoms. The molecule has 1 aliphatic rings. The number of carbonyl (C=O) groups is 1. The zero-order chi connectivity index (χ0) is 17.6. The minimum absolute atomic E-state index is 0.0314. The van der Waals surface area contributed by atoms with Crippen LogP contribution >= 0.6 is 11.6 Å². The van der Waals surface area contributed by atoms with Gasteiger partial charge in [-0.3, -0.25) is 9.48 Å². The molecule has 1 N–H and O–H groups in total. The Hall–Kier alpha value is -2.86. The number of nitrogens with one attached hydrogen (secondary N) is 1. The van der Waals surface area contributed by atoms with Gasteiger partial charge in [0.2, 0.25) is 0 Å². The van der Waals surface area contributed by atoms with Crippen molar-refractivity contribution in [1.82, 2.24) is 9.78 Å². The first-order valence-electron chi connectivity index (χ1n) is 7.58. The van der Waals surface area contributed by atoms with Gasteiger partial charge in [-0.25, -0.2) is 4.39 Å². The number of carbonyl (C=O) groups excluding carboxylic acids is 1. The van der Waals surface area contributed by atoms with Crippen LogP contribution in [0.1, 0.15) is 0 Å². The topological polar surface area (TPSA) is 56.2 Å². The second-order valence-corrected chi connectivity index (χ2v) is 6.05. The molecular weight excluding hydrogens is 345 g/mol. The second-order valence-electron chi connectivity index (χ2n) is 5.67. The number of hydrogen-bond acceptors (Lipinski definition) is 3. The van der Waals surface area contributed by atoms with Crippen molar-refractivity contribution in [3.63, 3.8) is 0 Å². The smallest absolute Gasteiger partial charge is 0.262 e. The fourth-order valence-electron chi connectivity index (χ4n) is 2.91. The summed E-state index contributed by atoms with van der Waals surface area (Å²) < 4.78 is 20.3. The Bertz CT molecular complexity index is 983. The maximum Gasteiger partial charge on any atom is 0.262 e. The van der Waals surface area contributed by atoms with Crippen LogP contribution in [0.25, 0.3) is 22.4 Å². The highest BCUT2D eigenvalue weighted by atomic mass is 35.5. The Labute approximate surface area is 148 Å². The highest BCUT2D eigenvalue weighted by molar-refractivity contribution is 6.37. The highest BCUT2D eigenvalue weighted by Crippen LogP contribution is 2.43. The lowest BCUT2D eigenvalue weighted by Crippen LogP contribution is -2.25. The fraction of sp³-hybridized carbons (Fsp3) is 0.111. The quantitative estimate of drug-likeness (QED) is 0.757. The molecule has 0 unspecified atom stereocenters. The molecule has 0 spiro atoms. The number of aromatic nitrogens is 2. The third-order valence-corrected chi connectivity index (χ3v) is 4.47. The number of amides is 1. The Kier molecular flexibility index (Phi) is 3.69. The molecule has 1 aliphatic heterocycles. The van der Waals surface area contributed by atoms with Gasteiger partial charge in [0.25, 0.3) is 5.91 Å². The van der Waals surface area contributed by atoms with E-state index in [1.54, 1.807) is 36.1 Å². The molecule has 0 saturated carbocycles. The first-order valence-corrected chi connectivity index (χ1v) is 7.96. The van der Waals surface area contributed by atoms with Crippen molar-refractivity contribution in [2.24, 2.45) is 7.05 Å². The average Bonchev–Trinajstić information content (AvgIpc) is 2.98. The van der Waals surface area contributed by atoms with Gasteiger partial charge in [-0.1, -0.05) is 11.6 Å². The predicted octanol–water partition coefficient (Wildman–Crippen LogP) is 3.88. The Morgan fingerprint density at radius 2 is 1.96 bits per heavy atom. The number of benzene rings is 2. The first-order chi connectivity index (χ1) is 12.0. The van der Waals surface area contributed by atoms with E-state index in [-0.39, 0.29) is 18.3 Å². The monoisotopic (exact) mass is 357 g/mol. The minimum atomic E-state index is -0.306. The van der Waals surface area contributed by atoms with Crippen LogP contribution in [0.5, 0.6) is 5.75 Å². The van der Waals surface area contributed by atoms with E-state index >= 15 is 0 Å². The van der Waals surface area contributed by atoms with Gasteiger partial charge in [0.1, 0.15) is 17.3 Å². The molecule has 0 bridgehead atoms. The van der Waals surface area contributed by atoms with Crippen molar-refractivity contribution < 1.29 is 13.9 Å². The Morgan fingerprint density at radius 1 is 1.20 bits per heavy atom. The van der Waals surface area contributed by atoms with E-state index in [0.29, 0.717) is 22.0 Å². The normalized spacial score (nSPS) is 13.2. The number of halogens is 2. The van der Waals surface area contributed by atoms with E-state index in [9.17, 15) is 9.18 Å². The van der Waals surface area contributed by atoms with Crippen LogP contribution in [-0.2, 0) is 11.8 Å². The summed E-state index contributed by atoms with van der Waals surface area (Å²) in [6.07, 6.45) is 1.69. The number of aryl methyl sites for hydroxylation is 1. The third kappa shape index (κ3) is 2.64. The molecule has 0 atom stereocenters. The van der Waals surface area contributed by atoms with Crippen molar-refractivity contribution in [2.75, 3.05) is 11.9 Å². The first kappa shape index (κ1) is 15.7. The van der Waals surface area contributed by atoms with Crippen LogP contribution in [-0.4, -0.2) is 22.3 Å². The molecule has 2 aromatic carbocycles. The van der Waals surface area contributed by atoms with Gasteiger partial charge in [0.15, 0.2) is 6.61 Å². The van der Waals surface area contributed by atoms with Gasteiger partial charge < -0.3 is 10.1 Å². The number of ether oxygens (including phenoxy) is 1. The minimum Gasteiger partial charge on any atom is -0.482 e. The molecule has 0 saturated heterocycles. The zero-order valence-electron chi connectivity index (χ0n) is 13.2. The largest absolute Gasteiger partial charge is 0.482 e. The molecule has 5 nitrogen and oxygen atoms in total. The maximum atomic E-state index is 13.2. The summed E-state index contributed by atoms with van der Waals surface area (Å²) in [5.41, 5.74) is 3.54. The lowest BCUT2D eigenvalue weighted by atomic mass is 10.0. The Balaban J connectivity index is 1.88. The molecular formula is C18H13ClFN3O2. The third-order valence-electron chi connectivity index (χ3n) is 4.07. The average molecular weight is 358 g/mol. The van der Waals surface area contributed by atoms with Crippen molar-refractivity contribution >= 4 is 23.2 Å². The molecule has 1 amide bonds. The van der Waals surface area contributed by atoms with Gasteiger partial charge in [-0.05, 0) is 36.4 Å². The van der Waals surface area contributed by atoms with E-state index in [4.69, 9.17) is 16.3 Å². The number of rotatable bonds is 2. The van der Waals surface area contributed by atoms with Crippen molar-refractivity contribution in [3.05, 3.63) is 53.4 Å². The lowest BCUT2D eigenvalue weighted by Gasteiger charge is -2.20. The predicted molar refractivity (Wildman–Crippen MR) is 93.2 cm³/mol. The number of hydrogen-bond donors (Lipinski definition) is 1. The van der Waals surface area contributed by atoms with Crippen molar-refractivity contribution in [2.45, 2.75) is 0 Å². The van der Waals surface area contributed by atoms with Gasteiger partial charge in [-0.2, -0.15) is 5.10 Å². The fourth-order valence-corrected chi connectivity index (χ4v) is 3.21. The number of fused-ring (bicyclic) bond motifs is 1. The lowest BCUT2D eigenvalue weighted by molar-refractivity contribution is -0.118. The van der Waals surface area contributed by atoms with Crippen LogP contribution in [0, 0.1) is 5.82 Å². The molecule has 3 aromatic rings. The molecule has 1 aromatic heterocycles. The van der Waals surface area contributed by atoms with E-state index in [1.807, 2.05) is 6.07 Å². The van der Waals surface area contributed by atoms with Crippen LogP contribution in [0.3, 0.4) is 0 Å². The summed E-state index contributed by atoms with van der Waals surface area (Å²) in [6.45, 7) is -0.0314. The van der Waals surface area contributed by atoms with Crippen molar-refractivity contribution in [3.8, 4) is 28.1 Å². The van der Waals surface area contributed by atoms with Gasteiger partial charge in [0, 0.05) is 23.7 Å². The van der Waals surface area contributed by atoms with Crippen LogP contribution < -0.4 is 10.1 Å². The van der Waals surface area contributed by atoms with Crippen LogP contribution in [0.2, 0.25) is 5.02 Å². The van der Waals surface area contributed by atoms with Crippen LogP contribution in [0.4, 0.5) is 10.1 Å². The number of nitrogens with zero attached hydrogens (tertiary/aromatic N) is 2. The van der Waals surface area contributed by atoms with Gasteiger partial charge in [0.05, 0.1) is 16.9 Å². The summed E-state index contributed by atoms with van der Waals surface area (Å²) in [5.74, 6) is -0.0313. The molecule has 0 fully saturated rings. The summed E-state index contributed by atoms with van der Waals surface area (Å²) >= 11 is 6.53. The summed E-state index contributed by atoms with van der Waals surface area (Å²) in [7, 11) is 1.80. The number of anilines is 1. The molecule has 126 valence electrons. The maximum absolute atomic E-state index is 13.2. The van der Waals surface area contributed by atoms with E-state index in [2.05, 4.69) is 10.4 Å². The van der Waals surface area contributed by atoms with E-state index < -0.39 is 0 Å². The van der Waals surface area contributed by atoms with Gasteiger partial charge in [-0.15, -0.1) is 0 Å². The van der Waals surface area contributed by atoms with E-state index in [1.165, 1.54) is 12.1 Å². The molecule has 7 heteroatoms. The SMILES string of the molecule is Cn1ncc(-c2ccc3c(c2Cl)NC(=O)CO3)c1-c1ccc(F)cc1.